The van der Waals surface area contributed by atoms with Gasteiger partial charge >= 0.3 is 0 Å². The third kappa shape index (κ3) is 4.14. The van der Waals surface area contributed by atoms with E-state index in [0.29, 0.717) is 5.82 Å². The molecule has 0 aliphatic carbocycles. The van der Waals surface area contributed by atoms with Crippen molar-refractivity contribution in [1.29, 1.82) is 0 Å². The Balaban J connectivity index is 3.30. The van der Waals surface area contributed by atoms with Gasteiger partial charge < -0.3 is 10.1 Å². The summed E-state index contributed by atoms with van der Waals surface area (Å²) in [6.07, 6.45) is 0.938. The molecule has 1 atom stereocenters. The average molecular weight is 330 g/mol. The fourth-order valence-electron chi connectivity index (χ4n) is 1.61. The van der Waals surface area contributed by atoms with Gasteiger partial charge in [-0.2, -0.15) is 0 Å². The van der Waals surface area contributed by atoms with Gasteiger partial charge in [-0.3, -0.25) is 0 Å². The smallest absolute Gasteiger partial charge is 0.159 e. The van der Waals surface area contributed by atoms with Crippen molar-refractivity contribution in [3.05, 3.63) is 16.0 Å². The van der Waals surface area contributed by atoms with E-state index in [4.69, 9.17) is 4.74 Å². The van der Waals surface area contributed by atoms with Gasteiger partial charge in [0.05, 0.1) is 10.2 Å². The number of methoxy groups -OCH3 is 1. The van der Waals surface area contributed by atoms with Gasteiger partial charge in [0.2, 0.25) is 0 Å². The predicted octanol–water partition coefficient (Wildman–Crippen LogP) is 4.07. The number of nitrogens with zero attached hydrogens (tertiary/aromatic N) is 2. The number of ether oxygens (including phenoxy) is 1. The summed E-state index contributed by atoms with van der Waals surface area (Å²) in [5, 5.41) is 3.34. The molecule has 1 aromatic rings. The van der Waals surface area contributed by atoms with Crippen molar-refractivity contribution in [3.63, 3.8) is 0 Å². The molecule has 4 nitrogen and oxygen atoms in total. The Bertz CT molecular complexity index is 429. The van der Waals surface area contributed by atoms with E-state index in [1.165, 1.54) is 0 Å². The highest BCUT2D eigenvalue weighted by molar-refractivity contribution is 9.10. The number of aromatic nitrogens is 2. The first-order valence-corrected chi connectivity index (χ1v) is 7.45. The van der Waals surface area contributed by atoms with Crippen molar-refractivity contribution >= 4 is 21.7 Å². The van der Waals surface area contributed by atoms with E-state index < -0.39 is 0 Å². The monoisotopic (exact) mass is 329 g/mol. The van der Waals surface area contributed by atoms with Crippen LogP contribution in [0.1, 0.15) is 58.7 Å². The molecule has 0 aromatic carbocycles. The quantitative estimate of drug-likeness (QED) is 0.884. The molecule has 1 rings (SSSR count). The maximum Gasteiger partial charge on any atom is 0.159 e. The van der Waals surface area contributed by atoms with Crippen LogP contribution < -0.4 is 5.32 Å². The van der Waals surface area contributed by atoms with E-state index >= 15 is 0 Å². The summed E-state index contributed by atoms with van der Waals surface area (Å²) in [7, 11) is 1.67. The molecule has 5 heteroatoms. The first-order valence-electron chi connectivity index (χ1n) is 6.65. The standard InChI is InChI=1S/C14H24BrN3O/c1-7-8-16-13-10(15)11(14(3,4)5)17-12(18-13)9(2)19-6/h9H,7-8H2,1-6H3,(H,16,17,18). The number of nitrogens with one attached hydrogen (secondary N) is 1. The van der Waals surface area contributed by atoms with Crippen LogP contribution in [0.4, 0.5) is 5.82 Å². The minimum Gasteiger partial charge on any atom is -0.374 e. The zero-order valence-electron chi connectivity index (χ0n) is 12.7. The third-order valence-electron chi connectivity index (χ3n) is 2.84. The fourth-order valence-corrected chi connectivity index (χ4v) is 2.52. The van der Waals surface area contributed by atoms with Crippen molar-refractivity contribution in [2.75, 3.05) is 19.0 Å². The van der Waals surface area contributed by atoms with E-state index in [-0.39, 0.29) is 11.5 Å². The number of rotatable bonds is 5. The van der Waals surface area contributed by atoms with Crippen molar-refractivity contribution < 1.29 is 4.74 Å². The molecule has 1 heterocycles. The van der Waals surface area contributed by atoms with Crippen LogP contribution in [0.3, 0.4) is 0 Å². The van der Waals surface area contributed by atoms with Crippen LogP contribution in [0, 0.1) is 0 Å². The molecule has 0 spiro atoms. The zero-order chi connectivity index (χ0) is 14.6. The van der Waals surface area contributed by atoms with Gasteiger partial charge in [-0.05, 0) is 29.3 Å². The minimum atomic E-state index is -0.114. The molecule has 0 aliphatic rings. The molecule has 1 unspecified atom stereocenters. The van der Waals surface area contributed by atoms with Gasteiger partial charge in [-0.1, -0.05) is 27.7 Å². The van der Waals surface area contributed by atoms with Crippen molar-refractivity contribution in [1.82, 2.24) is 9.97 Å². The zero-order valence-corrected chi connectivity index (χ0v) is 14.3. The van der Waals surface area contributed by atoms with Crippen LogP contribution in [0.5, 0.6) is 0 Å². The summed E-state index contributed by atoms with van der Waals surface area (Å²) in [6.45, 7) is 11.4. The lowest BCUT2D eigenvalue weighted by Gasteiger charge is -2.23. The summed E-state index contributed by atoms with van der Waals surface area (Å²) in [5.41, 5.74) is 0.951. The molecule has 0 fully saturated rings. The maximum absolute atomic E-state index is 5.34. The van der Waals surface area contributed by atoms with Crippen LogP contribution in [-0.4, -0.2) is 23.6 Å². The lowest BCUT2D eigenvalue weighted by Crippen LogP contribution is -2.19. The number of anilines is 1. The summed E-state index contributed by atoms with van der Waals surface area (Å²) >= 11 is 3.62. The predicted molar refractivity (Wildman–Crippen MR) is 82.6 cm³/mol. The van der Waals surface area contributed by atoms with Crippen molar-refractivity contribution in [2.24, 2.45) is 0 Å². The fraction of sp³-hybridized carbons (Fsp3) is 0.714. The minimum absolute atomic E-state index is 0.0490. The molecule has 0 saturated heterocycles. The first kappa shape index (κ1) is 16.4. The molecule has 108 valence electrons. The van der Waals surface area contributed by atoms with Crippen LogP contribution in [0.2, 0.25) is 0 Å². The SMILES string of the molecule is CCCNc1nc(C(C)OC)nc(C(C)(C)C)c1Br. The lowest BCUT2D eigenvalue weighted by atomic mass is 9.91. The number of hydrogen-bond acceptors (Lipinski definition) is 4. The Morgan fingerprint density at radius 1 is 1.32 bits per heavy atom. The van der Waals surface area contributed by atoms with Crippen LogP contribution in [0.25, 0.3) is 0 Å². The van der Waals surface area contributed by atoms with E-state index in [1.54, 1.807) is 7.11 Å². The Morgan fingerprint density at radius 2 is 1.95 bits per heavy atom. The van der Waals surface area contributed by atoms with E-state index in [0.717, 1.165) is 29.0 Å². The molecule has 0 saturated carbocycles. The second-order valence-electron chi connectivity index (χ2n) is 5.65. The van der Waals surface area contributed by atoms with Gasteiger partial charge in [0.1, 0.15) is 11.9 Å². The molecule has 0 amide bonds. The average Bonchev–Trinajstić information content (AvgIpc) is 2.35. The summed E-state index contributed by atoms with van der Waals surface area (Å²) in [4.78, 5) is 9.22. The highest BCUT2D eigenvalue weighted by Crippen LogP contribution is 2.33. The van der Waals surface area contributed by atoms with Crippen LogP contribution in [0.15, 0.2) is 4.47 Å². The Labute approximate surface area is 124 Å². The normalized spacial score (nSPS) is 13.4. The summed E-state index contributed by atoms with van der Waals surface area (Å²) in [6, 6.07) is 0. The van der Waals surface area contributed by atoms with Gasteiger partial charge in [0, 0.05) is 19.1 Å². The van der Waals surface area contributed by atoms with Crippen molar-refractivity contribution in [2.45, 2.75) is 52.6 Å². The van der Waals surface area contributed by atoms with Crippen molar-refractivity contribution in [3.8, 4) is 0 Å². The molecule has 1 N–H and O–H groups in total. The van der Waals surface area contributed by atoms with E-state index in [1.807, 2.05) is 6.92 Å². The molecule has 0 aliphatic heterocycles. The lowest BCUT2D eigenvalue weighted by molar-refractivity contribution is 0.111. The first-order chi connectivity index (χ1) is 8.81. The summed E-state index contributed by atoms with van der Waals surface area (Å²) in [5.74, 6) is 1.56. The van der Waals surface area contributed by atoms with Crippen LogP contribution >= 0.6 is 15.9 Å². The molecule has 0 bridgehead atoms. The largest absolute Gasteiger partial charge is 0.374 e. The Kier molecular flexibility index (Phi) is 5.74. The molecule has 1 aromatic heterocycles. The highest BCUT2D eigenvalue weighted by atomic mass is 79.9. The molecular weight excluding hydrogens is 306 g/mol. The highest BCUT2D eigenvalue weighted by Gasteiger charge is 2.24. The van der Waals surface area contributed by atoms with E-state index in [9.17, 15) is 0 Å². The topological polar surface area (TPSA) is 47.0 Å². The second kappa shape index (κ2) is 6.66. The second-order valence-corrected chi connectivity index (χ2v) is 6.44. The Hall–Kier alpha value is -0.680. The molecular formula is C14H24BrN3O. The Morgan fingerprint density at radius 3 is 2.42 bits per heavy atom. The summed E-state index contributed by atoms with van der Waals surface area (Å²) < 4.78 is 6.28. The maximum atomic E-state index is 5.34. The van der Waals surface area contributed by atoms with Gasteiger partial charge in [-0.25, -0.2) is 9.97 Å². The molecule has 0 radical (unpaired) electrons. The van der Waals surface area contributed by atoms with Crippen LogP contribution in [-0.2, 0) is 10.2 Å². The van der Waals surface area contributed by atoms with Gasteiger partial charge in [0.15, 0.2) is 5.82 Å². The van der Waals surface area contributed by atoms with E-state index in [2.05, 4.69) is 58.9 Å². The number of hydrogen-bond donors (Lipinski definition) is 1. The third-order valence-corrected chi connectivity index (χ3v) is 3.59. The number of halogens is 1. The molecule has 19 heavy (non-hydrogen) atoms. The van der Waals surface area contributed by atoms with Gasteiger partial charge in [0.25, 0.3) is 0 Å². The van der Waals surface area contributed by atoms with Gasteiger partial charge in [-0.15, -0.1) is 0 Å².